The minimum atomic E-state index is -0.949. The molecule has 0 aliphatic rings. The van der Waals surface area contributed by atoms with Crippen LogP contribution in [-0.2, 0) is 19.1 Å². The Morgan fingerprint density at radius 2 is 1.40 bits per heavy atom. The van der Waals surface area contributed by atoms with E-state index in [4.69, 9.17) is 4.74 Å². The molecule has 0 saturated heterocycles. The third-order valence-electron chi connectivity index (χ3n) is 5.80. The maximum absolute atomic E-state index is 13.2. The van der Waals surface area contributed by atoms with E-state index in [0.717, 1.165) is 6.42 Å². The topological polar surface area (TPSA) is 99.2 Å². The van der Waals surface area contributed by atoms with Crippen molar-refractivity contribution < 1.29 is 24.2 Å². The fraction of sp³-hybridized carbons (Fsp3) is 0.864. The summed E-state index contributed by atoms with van der Waals surface area (Å²) in [6.07, 6.45) is 0.0741. The number of carboxylic acid groups (broad SMARTS) is 1. The molecular formula is C22H43N3O5. The van der Waals surface area contributed by atoms with Crippen molar-refractivity contribution in [3.63, 3.8) is 0 Å². The van der Waals surface area contributed by atoms with Crippen LogP contribution in [0.25, 0.3) is 0 Å². The van der Waals surface area contributed by atoms with Crippen LogP contribution in [0.15, 0.2) is 0 Å². The molecule has 0 spiro atoms. The second-order valence-corrected chi connectivity index (χ2v) is 9.11. The summed E-state index contributed by atoms with van der Waals surface area (Å²) in [5.74, 6) is -1.60. The average Bonchev–Trinajstić information content (AvgIpc) is 2.59. The molecule has 0 aromatic heterocycles. The number of ether oxygens (including phenoxy) is 1. The molecular weight excluding hydrogens is 386 g/mol. The van der Waals surface area contributed by atoms with Gasteiger partial charge >= 0.3 is 5.97 Å². The maximum atomic E-state index is 13.2. The smallest absolute Gasteiger partial charge is 0.306 e. The molecule has 2 amide bonds. The normalized spacial score (nSPS) is 17.1. The predicted molar refractivity (Wildman–Crippen MR) is 118 cm³/mol. The molecule has 0 fully saturated rings. The third kappa shape index (κ3) is 7.96. The summed E-state index contributed by atoms with van der Waals surface area (Å²) in [6, 6.07) is -1.32. The van der Waals surface area contributed by atoms with Gasteiger partial charge in [0.05, 0.1) is 24.6 Å². The summed E-state index contributed by atoms with van der Waals surface area (Å²) in [5.41, 5.74) is 0. The van der Waals surface area contributed by atoms with Gasteiger partial charge in [-0.05, 0) is 38.9 Å². The third-order valence-corrected chi connectivity index (χ3v) is 5.80. The van der Waals surface area contributed by atoms with Crippen LogP contribution in [-0.4, -0.2) is 85.2 Å². The SMILES string of the molecule is CC[C@H](C)[C@@H]([C@@H](CC(=O)O)OC)N(C)[C@H](C(=O)NC(=O)[C@H](C(C)C)N(C)C)C(C)C. The van der Waals surface area contributed by atoms with E-state index < -0.39 is 24.2 Å². The average molecular weight is 430 g/mol. The molecule has 0 aromatic carbocycles. The quantitative estimate of drug-likeness (QED) is 0.462. The van der Waals surface area contributed by atoms with Crippen LogP contribution in [0.3, 0.4) is 0 Å². The van der Waals surface area contributed by atoms with E-state index in [-0.39, 0.29) is 42.0 Å². The number of imide groups is 1. The van der Waals surface area contributed by atoms with Crippen molar-refractivity contribution in [2.45, 2.75) is 78.6 Å². The largest absolute Gasteiger partial charge is 0.481 e. The van der Waals surface area contributed by atoms with Crippen LogP contribution < -0.4 is 5.32 Å². The zero-order valence-electron chi connectivity index (χ0n) is 20.4. The molecule has 0 bridgehead atoms. The number of carbonyl (C=O) groups is 3. The zero-order valence-corrected chi connectivity index (χ0v) is 20.4. The highest BCUT2D eigenvalue weighted by Crippen LogP contribution is 2.25. The number of hydrogen-bond donors (Lipinski definition) is 2. The minimum absolute atomic E-state index is 0.0457. The van der Waals surface area contributed by atoms with Gasteiger partial charge in [0.1, 0.15) is 0 Å². The lowest BCUT2D eigenvalue weighted by atomic mass is 9.88. The Bertz CT molecular complexity index is 557. The van der Waals surface area contributed by atoms with Crippen molar-refractivity contribution in [3.05, 3.63) is 0 Å². The van der Waals surface area contributed by atoms with Crippen molar-refractivity contribution >= 4 is 17.8 Å². The van der Waals surface area contributed by atoms with Crippen LogP contribution in [0.1, 0.15) is 54.4 Å². The van der Waals surface area contributed by atoms with Crippen molar-refractivity contribution in [1.82, 2.24) is 15.1 Å². The molecule has 8 heteroatoms. The molecule has 2 N–H and O–H groups in total. The van der Waals surface area contributed by atoms with Gasteiger partial charge in [0.25, 0.3) is 0 Å². The molecule has 0 rings (SSSR count). The van der Waals surface area contributed by atoms with E-state index in [0.29, 0.717) is 0 Å². The van der Waals surface area contributed by atoms with E-state index >= 15 is 0 Å². The monoisotopic (exact) mass is 429 g/mol. The summed E-state index contributed by atoms with van der Waals surface area (Å²) in [5, 5.41) is 11.9. The lowest BCUT2D eigenvalue weighted by Crippen LogP contribution is -2.59. The van der Waals surface area contributed by atoms with Crippen molar-refractivity contribution in [3.8, 4) is 0 Å². The number of methoxy groups -OCH3 is 1. The molecule has 0 unspecified atom stereocenters. The van der Waals surface area contributed by atoms with Gasteiger partial charge in [0.2, 0.25) is 11.8 Å². The number of hydrogen-bond acceptors (Lipinski definition) is 6. The molecule has 8 nitrogen and oxygen atoms in total. The lowest BCUT2D eigenvalue weighted by molar-refractivity contribution is -0.143. The predicted octanol–water partition coefficient (Wildman–Crippen LogP) is 2.08. The second kappa shape index (κ2) is 13.0. The molecule has 5 atom stereocenters. The van der Waals surface area contributed by atoms with Gasteiger partial charge in [0, 0.05) is 13.2 Å². The number of amides is 2. The van der Waals surface area contributed by atoms with Gasteiger partial charge in [-0.3, -0.25) is 29.5 Å². The molecule has 0 saturated carbocycles. The van der Waals surface area contributed by atoms with Crippen LogP contribution in [0.2, 0.25) is 0 Å². The van der Waals surface area contributed by atoms with Crippen molar-refractivity contribution in [2.75, 3.05) is 28.3 Å². The highest BCUT2D eigenvalue weighted by Gasteiger charge is 2.39. The second-order valence-electron chi connectivity index (χ2n) is 9.11. The van der Waals surface area contributed by atoms with Crippen LogP contribution >= 0.6 is 0 Å². The lowest BCUT2D eigenvalue weighted by Gasteiger charge is -2.42. The standard InChI is InChI=1S/C22H43N3O5/c1-11-15(6)20(16(30-10)12-17(26)27)25(9)19(14(4)5)22(29)23-21(28)18(13(2)3)24(7)8/h13-16,18-20H,11-12H2,1-10H3,(H,26,27)(H,23,28,29)/t15-,16+,18-,19-,20-/m0/s1. The first-order valence-corrected chi connectivity index (χ1v) is 10.8. The fourth-order valence-electron chi connectivity index (χ4n) is 4.33. The number of nitrogens with one attached hydrogen (secondary N) is 1. The first-order chi connectivity index (χ1) is 13.8. The van der Waals surface area contributed by atoms with Gasteiger partial charge in [-0.15, -0.1) is 0 Å². The van der Waals surface area contributed by atoms with Gasteiger partial charge < -0.3 is 9.84 Å². The fourth-order valence-corrected chi connectivity index (χ4v) is 4.33. The molecule has 0 radical (unpaired) electrons. The Labute approximate surface area is 182 Å². The van der Waals surface area contributed by atoms with Gasteiger partial charge in [-0.25, -0.2) is 0 Å². The number of likely N-dealkylation sites (N-methyl/N-ethyl adjacent to an activating group) is 2. The van der Waals surface area contributed by atoms with Crippen LogP contribution in [0, 0.1) is 17.8 Å². The number of carbonyl (C=O) groups excluding carboxylic acids is 2. The zero-order chi connectivity index (χ0) is 23.8. The van der Waals surface area contributed by atoms with Crippen LogP contribution in [0.5, 0.6) is 0 Å². The molecule has 176 valence electrons. The van der Waals surface area contributed by atoms with E-state index in [1.807, 2.05) is 67.6 Å². The Kier molecular flexibility index (Phi) is 12.4. The molecule has 0 aliphatic carbocycles. The summed E-state index contributed by atoms with van der Waals surface area (Å²) in [7, 11) is 6.93. The Hall–Kier alpha value is -1.51. The number of aliphatic carboxylic acids is 1. The number of rotatable bonds is 13. The highest BCUT2D eigenvalue weighted by atomic mass is 16.5. The van der Waals surface area contributed by atoms with Crippen molar-refractivity contribution in [2.24, 2.45) is 17.8 Å². The number of nitrogens with zero attached hydrogens (tertiary/aromatic N) is 2. The van der Waals surface area contributed by atoms with E-state index in [1.165, 1.54) is 7.11 Å². The minimum Gasteiger partial charge on any atom is -0.481 e. The van der Waals surface area contributed by atoms with Crippen molar-refractivity contribution in [1.29, 1.82) is 0 Å². The van der Waals surface area contributed by atoms with Crippen LogP contribution in [0.4, 0.5) is 0 Å². The summed E-state index contributed by atoms with van der Waals surface area (Å²) in [6.45, 7) is 11.8. The Morgan fingerprint density at radius 1 is 0.933 bits per heavy atom. The number of carboxylic acids is 1. The van der Waals surface area contributed by atoms with E-state index in [9.17, 15) is 19.5 Å². The maximum Gasteiger partial charge on any atom is 0.306 e. The summed E-state index contributed by atoms with van der Waals surface area (Å²) < 4.78 is 5.53. The molecule has 0 aromatic rings. The van der Waals surface area contributed by atoms with Gasteiger partial charge in [-0.1, -0.05) is 48.0 Å². The molecule has 0 aliphatic heterocycles. The van der Waals surface area contributed by atoms with Gasteiger partial charge in [0.15, 0.2) is 0 Å². The first-order valence-electron chi connectivity index (χ1n) is 10.8. The molecule has 30 heavy (non-hydrogen) atoms. The Morgan fingerprint density at radius 3 is 1.73 bits per heavy atom. The summed E-state index contributed by atoms with van der Waals surface area (Å²) >= 11 is 0. The molecule has 0 heterocycles. The summed E-state index contributed by atoms with van der Waals surface area (Å²) in [4.78, 5) is 41.0. The first kappa shape index (κ1) is 28.5. The van der Waals surface area contributed by atoms with Gasteiger partial charge in [-0.2, -0.15) is 0 Å². The van der Waals surface area contributed by atoms with E-state index in [1.54, 1.807) is 4.90 Å². The highest BCUT2D eigenvalue weighted by molar-refractivity contribution is 6.00. The van der Waals surface area contributed by atoms with E-state index in [2.05, 4.69) is 5.32 Å². The Balaban J connectivity index is 5.83.